The van der Waals surface area contributed by atoms with Gasteiger partial charge in [-0.2, -0.15) is 0 Å². The van der Waals surface area contributed by atoms with Gasteiger partial charge in [-0.1, -0.05) is 74.0 Å². The van der Waals surface area contributed by atoms with Crippen molar-refractivity contribution in [3.63, 3.8) is 0 Å². The van der Waals surface area contributed by atoms with Crippen LogP contribution in [0.3, 0.4) is 0 Å². The molecule has 0 radical (unpaired) electrons. The third-order valence-corrected chi connectivity index (χ3v) is 5.80. The number of benzene rings is 3. The number of hydrogen-bond acceptors (Lipinski definition) is 3. The molecule has 0 fully saturated rings. The van der Waals surface area contributed by atoms with E-state index in [2.05, 4.69) is 0 Å². The lowest BCUT2D eigenvalue weighted by Crippen LogP contribution is -2.36. The summed E-state index contributed by atoms with van der Waals surface area (Å²) in [6.07, 6.45) is 0. The average Bonchev–Trinajstić information content (AvgIpc) is 2.81. The maximum Gasteiger partial charge on any atom is 0.339 e. The SMILES string of the molecule is CC(C)c1ccc(OCC(=O)N(Cc2cccc(Cl)c2)[C@H](C)c2ccccc2)c(C(=O)O)c1. The maximum absolute atomic E-state index is 13.3. The molecule has 6 heteroatoms. The number of ether oxygens (including phenoxy) is 1. The first kappa shape index (κ1) is 24.3. The molecule has 172 valence electrons. The molecule has 0 saturated carbocycles. The Morgan fingerprint density at radius 3 is 2.30 bits per heavy atom. The molecule has 0 spiro atoms. The number of aromatic carboxylic acids is 1. The van der Waals surface area contributed by atoms with Gasteiger partial charge in [0.2, 0.25) is 0 Å². The van der Waals surface area contributed by atoms with Crippen molar-refractivity contribution in [1.29, 1.82) is 0 Å². The summed E-state index contributed by atoms with van der Waals surface area (Å²) in [5.41, 5.74) is 2.82. The van der Waals surface area contributed by atoms with Crippen LogP contribution in [0.5, 0.6) is 5.75 Å². The molecule has 0 aliphatic carbocycles. The number of carboxylic acids is 1. The van der Waals surface area contributed by atoms with Gasteiger partial charge in [-0.05, 0) is 53.8 Å². The standard InChI is InChI=1S/C27H28ClNO4/c1-18(2)22-12-13-25(24(15-22)27(31)32)33-17-26(30)29(16-20-8-7-11-23(28)14-20)19(3)21-9-5-4-6-10-21/h4-15,18-19H,16-17H2,1-3H3,(H,31,32)/t19-/m1/s1. The molecule has 33 heavy (non-hydrogen) atoms. The van der Waals surface area contributed by atoms with Gasteiger partial charge in [-0.25, -0.2) is 4.79 Å². The molecule has 0 unspecified atom stereocenters. The number of hydrogen-bond donors (Lipinski definition) is 1. The molecular formula is C27H28ClNO4. The third-order valence-electron chi connectivity index (χ3n) is 5.56. The lowest BCUT2D eigenvalue weighted by atomic mass is 10.0. The van der Waals surface area contributed by atoms with Crippen LogP contribution in [-0.2, 0) is 11.3 Å². The normalized spacial score (nSPS) is 11.8. The van der Waals surface area contributed by atoms with Gasteiger partial charge in [0.25, 0.3) is 5.91 Å². The van der Waals surface area contributed by atoms with E-state index in [4.69, 9.17) is 16.3 Å². The molecule has 3 aromatic carbocycles. The van der Waals surface area contributed by atoms with E-state index in [1.54, 1.807) is 23.1 Å². The van der Waals surface area contributed by atoms with Gasteiger partial charge in [0.1, 0.15) is 11.3 Å². The minimum atomic E-state index is -1.09. The summed E-state index contributed by atoms with van der Waals surface area (Å²) in [6.45, 7) is 6.00. The Morgan fingerprint density at radius 2 is 1.67 bits per heavy atom. The highest BCUT2D eigenvalue weighted by molar-refractivity contribution is 6.30. The topological polar surface area (TPSA) is 66.8 Å². The summed E-state index contributed by atoms with van der Waals surface area (Å²) in [7, 11) is 0. The van der Waals surface area contributed by atoms with E-state index in [1.165, 1.54) is 0 Å². The molecule has 0 bridgehead atoms. The molecule has 3 aromatic rings. The summed E-state index contributed by atoms with van der Waals surface area (Å²) < 4.78 is 5.73. The highest BCUT2D eigenvalue weighted by Gasteiger charge is 2.23. The number of amides is 1. The second kappa shape index (κ2) is 11.0. The summed E-state index contributed by atoms with van der Waals surface area (Å²) in [5, 5.41) is 10.2. The largest absolute Gasteiger partial charge is 0.483 e. The fourth-order valence-corrected chi connectivity index (χ4v) is 3.82. The maximum atomic E-state index is 13.3. The lowest BCUT2D eigenvalue weighted by Gasteiger charge is -2.30. The van der Waals surface area contributed by atoms with Gasteiger partial charge in [0.05, 0.1) is 6.04 Å². The number of carbonyl (C=O) groups excluding carboxylic acids is 1. The van der Waals surface area contributed by atoms with Gasteiger partial charge in [-0.3, -0.25) is 4.79 Å². The zero-order valence-corrected chi connectivity index (χ0v) is 19.8. The number of nitrogens with zero attached hydrogens (tertiary/aromatic N) is 1. The van der Waals surface area contributed by atoms with E-state index in [1.807, 2.05) is 75.4 Å². The predicted octanol–water partition coefficient (Wildman–Crippen LogP) is 6.33. The van der Waals surface area contributed by atoms with Crippen LogP contribution in [0.25, 0.3) is 0 Å². The monoisotopic (exact) mass is 465 g/mol. The summed E-state index contributed by atoms with van der Waals surface area (Å²) >= 11 is 6.14. The highest BCUT2D eigenvalue weighted by Crippen LogP contribution is 2.26. The van der Waals surface area contributed by atoms with Crippen LogP contribution >= 0.6 is 11.6 Å². The first-order chi connectivity index (χ1) is 15.8. The fourth-order valence-electron chi connectivity index (χ4n) is 3.61. The zero-order valence-electron chi connectivity index (χ0n) is 19.0. The van der Waals surface area contributed by atoms with Crippen molar-refractivity contribution in [1.82, 2.24) is 4.90 Å². The molecule has 1 amide bonds. The van der Waals surface area contributed by atoms with E-state index < -0.39 is 5.97 Å². The first-order valence-corrected chi connectivity index (χ1v) is 11.2. The molecule has 0 saturated heterocycles. The predicted molar refractivity (Wildman–Crippen MR) is 130 cm³/mol. The highest BCUT2D eigenvalue weighted by atomic mass is 35.5. The molecule has 1 atom stereocenters. The summed E-state index contributed by atoms with van der Waals surface area (Å²) in [5.74, 6) is -0.988. The second-order valence-corrected chi connectivity index (χ2v) is 8.68. The van der Waals surface area contributed by atoms with Crippen molar-refractivity contribution in [3.05, 3.63) is 100 Å². The quantitative estimate of drug-likeness (QED) is 0.401. The minimum absolute atomic E-state index is 0.0477. The van der Waals surface area contributed by atoms with Gasteiger partial charge in [0, 0.05) is 11.6 Å². The Morgan fingerprint density at radius 1 is 0.939 bits per heavy atom. The molecule has 0 aliphatic heterocycles. The van der Waals surface area contributed by atoms with Crippen LogP contribution in [0.4, 0.5) is 0 Å². The van der Waals surface area contributed by atoms with E-state index in [9.17, 15) is 14.7 Å². The molecule has 0 aliphatic rings. The van der Waals surface area contributed by atoms with Crippen LogP contribution < -0.4 is 4.74 Å². The smallest absolute Gasteiger partial charge is 0.339 e. The Kier molecular flexibility index (Phi) is 8.12. The van der Waals surface area contributed by atoms with Crippen LogP contribution in [0.15, 0.2) is 72.8 Å². The van der Waals surface area contributed by atoms with E-state index >= 15 is 0 Å². The molecule has 5 nitrogen and oxygen atoms in total. The Labute approximate surface area is 199 Å². The minimum Gasteiger partial charge on any atom is -0.483 e. The van der Waals surface area contributed by atoms with Crippen LogP contribution in [0, 0.1) is 0 Å². The van der Waals surface area contributed by atoms with Crippen LogP contribution in [0.1, 0.15) is 59.8 Å². The van der Waals surface area contributed by atoms with Crippen molar-refractivity contribution in [2.45, 2.75) is 39.3 Å². The molecule has 0 aromatic heterocycles. The van der Waals surface area contributed by atoms with Gasteiger partial charge in [0.15, 0.2) is 6.61 Å². The van der Waals surface area contributed by atoms with Crippen LogP contribution in [0.2, 0.25) is 5.02 Å². The summed E-state index contributed by atoms with van der Waals surface area (Å²) in [4.78, 5) is 26.8. The van der Waals surface area contributed by atoms with Crippen molar-refractivity contribution in [2.75, 3.05) is 6.61 Å². The Balaban J connectivity index is 1.83. The summed E-state index contributed by atoms with van der Waals surface area (Å²) in [6, 6.07) is 21.9. The van der Waals surface area contributed by atoms with E-state index in [0.717, 1.165) is 16.7 Å². The third kappa shape index (κ3) is 6.36. The second-order valence-electron chi connectivity index (χ2n) is 8.24. The van der Waals surface area contributed by atoms with Gasteiger partial charge >= 0.3 is 5.97 Å². The zero-order chi connectivity index (χ0) is 24.0. The van der Waals surface area contributed by atoms with Crippen molar-refractivity contribution in [2.24, 2.45) is 0 Å². The molecule has 1 N–H and O–H groups in total. The first-order valence-electron chi connectivity index (χ1n) is 10.8. The Hall–Kier alpha value is -3.31. The number of carbonyl (C=O) groups is 2. The number of halogens is 1. The van der Waals surface area contributed by atoms with E-state index in [-0.39, 0.29) is 35.8 Å². The molecule has 0 heterocycles. The molecule has 3 rings (SSSR count). The lowest BCUT2D eigenvalue weighted by molar-refractivity contribution is -0.136. The van der Waals surface area contributed by atoms with Crippen molar-refractivity contribution in [3.8, 4) is 5.75 Å². The van der Waals surface area contributed by atoms with Gasteiger partial charge < -0.3 is 14.7 Å². The van der Waals surface area contributed by atoms with Crippen molar-refractivity contribution >= 4 is 23.5 Å². The number of rotatable bonds is 9. The fraction of sp³-hybridized carbons (Fsp3) is 0.259. The van der Waals surface area contributed by atoms with E-state index in [0.29, 0.717) is 11.6 Å². The number of carboxylic acid groups (broad SMARTS) is 1. The molecular weight excluding hydrogens is 438 g/mol. The average molecular weight is 466 g/mol. The Bertz CT molecular complexity index is 1110. The van der Waals surface area contributed by atoms with Crippen LogP contribution in [-0.4, -0.2) is 28.5 Å². The van der Waals surface area contributed by atoms with Crippen molar-refractivity contribution < 1.29 is 19.4 Å². The van der Waals surface area contributed by atoms with Gasteiger partial charge in [-0.15, -0.1) is 0 Å².